The summed E-state index contributed by atoms with van der Waals surface area (Å²) in [6.45, 7) is 8.51. The van der Waals surface area contributed by atoms with Gasteiger partial charge in [0.2, 0.25) is 0 Å². The van der Waals surface area contributed by atoms with Crippen LogP contribution in [0.1, 0.15) is 23.1 Å². The Morgan fingerprint density at radius 2 is 1.71 bits per heavy atom. The van der Waals surface area contributed by atoms with Crippen LogP contribution in [-0.2, 0) is 6.54 Å². The highest BCUT2D eigenvalue weighted by atomic mass is 19.1. The Labute approximate surface area is 164 Å². The van der Waals surface area contributed by atoms with Crippen molar-refractivity contribution in [2.75, 3.05) is 31.1 Å². The third-order valence-electron chi connectivity index (χ3n) is 5.62. The lowest BCUT2D eigenvalue weighted by Crippen LogP contribution is -2.30. The fourth-order valence-corrected chi connectivity index (χ4v) is 3.89. The van der Waals surface area contributed by atoms with E-state index in [1.165, 1.54) is 17.7 Å². The van der Waals surface area contributed by atoms with E-state index in [4.69, 9.17) is 4.42 Å². The van der Waals surface area contributed by atoms with Crippen LogP contribution in [0.3, 0.4) is 0 Å². The third kappa shape index (κ3) is 3.94. The number of nitrogens with zero attached hydrogens (tertiary/aromatic N) is 2. The van der Waals surface area contributed by atoms with Crippen molar-refractivity contribution in [2.45, 2.75) is 26.8 Å². The van der Waals surface area contributed by atoms with Crippen molar-refractivity contribution in [2.24, 2.45) is 0 Å². The Kier molecular flexibility index (Phi) is 5.18. The third-order valence-corrected chi connectivity index (χ3v) is 5.62. The summed E-state index contributed by atoms with van der Waals surface area (Å²) >= 11 is 0. The maximum Gasteiger partial charge on any atom is 0.336 e. The highest BCUT2D eigenvalue weighted by Gasteiger charge is 2.17. The molecule has 1 fully saturated rings. The molecule has 0 N–H and O–H groups in total. The molecule has 4 nitrogen and oxygen atoms in total. The average molecular weight is 380 g/mol. The van der Waals surface area contributed by atoms with E-state index in [0.29, 0.717) is 5.58 Å². The minimum atomic E-state index is -0.298. The first-order valence-electron chi connectivity index (χ1n) is 9.76. The molecule has 0 saturated carbocycles. The van der Waals surface area contributed by atoms with E-state index in [2.05, 4.69) is 22.8 Å². The van der Waals surface area contributed by atoms with E-state index in [9.17, 15) is 9.18 Å². The van der Waals surface area contributed by atoms with Crippen molar-refractivity contribution < 1.29 is 8.81 Å². The van der Waals surface area contributed by atoms with E-state index in [1.54, 1.807) is 6.07 Å². The summed E-state index contributed by atoms with van der Waals surface area (Å²) in [5.74, 6) is -0.208. The SMILES string of the molecule is Cc1cc2oc(=O)cc(CN3CCCN(c4ccc(F)cc4)CC3)c2cc1C. The number of aryl methyl sites for hydroxylation is 2. The van der Waals surface area contributed by atoms with Crippen LogP contribution in [-0.4, -0.2) is 31.1 Å². The Bertz CT molecular complexity index is 1040. The lowest BCUT2D eigenvalue weighted by Gasteiger charge is -2.24. The fourth-order valence-electron chi connectivity index (χ4n) is 3.89. The van der Waals surface area contributed by atoms with Crippen LogP contribution in [0.25, 0.3) is 11.0 Å². The fraction of sp³-hybridized carbons (Fsp3) is 0.348. The molecule has 4 rings (SSSR count). The van der Waals surface area contributed by atoms with Crippen molar-refractivity contribution in [1.82, 2.24) is 4.90 Å². The second-order valence-corrected chi connectivity index (χ2v) is 7.62. The van der Waals surface area contributed by atoms with Crippen LogP contribution in [0.5, 0.6) is 0 Å². The van der Waals surface area contributed by atoms with E-state index in [-0.39, 0.29) is 11.4 Å². The van der Waals surface area contributed by atoms with Gasteiger partial charge in [-0.15, -0.1) is 0 Å². The first-order valence-corrected chi connectivity index (χ1v) is 9.76. The smallest absolute Gasteiger partial charge is 0.336 e. The van der Waals surface area contributed by atoms with Crippen molar-refractivity contribution in [3.63, 3.8) is 0 Å². The summed E-state index contributed by atoms with van der Waals surface area (Å²) in [7, 11) is 0. The lowest BCUT2D eigenvalue weighted by atomic mass is 10.0. The van der Waals surface area contributed by atoms with Crippen molar-refractivity contribution in [3.8, 4) is 0 Å². The van der Waals surface area contributed by atoms with Gasteiger partial charge in [-0.05, 0) is 73.4 Å². The highest BCUT2D eigenvalue weighted by molar-refractivity contribution is 5.81. The molecule has 1 aromatic heterocycles. The van der Waals surface area contributed by atoms with Crippen molar-refractivity contribution in [3.05, 3.63) is 75.4 Å². The average Bonchev–Trinajstić information content (AvgIpc) is 2.90. The summed E-state index contributed by atoms with van der Waals surface area (Å²) in [5.41, 5.74) is 4.75. The van der Waals surface area contributed by atoms with Crippen LogP contribution in [0.15, 0.2) is 51.7 Å². The van der Waals surface area contributed by atoms with Gasteiger partial charge in [0.15, 0.2) is 0 Å². The van der Waals surface area contributed by atoms with E-state index < -0.39 is 0 Å². The Hall–Kier alpha value is -2.66. The van der Waals surface area contributed by atoms with E-state index >= 15 is 0 Å². The number of hydrogen-bond acceptors (Lipinski definition) is 4. The molecule has 5 heteroatoms. The number of fused-ring (bicyclic) bond motifs is 1. The number of hydrogen-bond donors (Lipinski definition) is 0. The van der Waals surface area contributed by atoms with Crippen molar-refractivity contribution in [1.29, 1.82) is 0 Å². The topological polar surface area (TPSA) is 36.7 Å². The Balaban J connectivity index is 1.54. The van der Waals surface area contributed by atoms with Crippen LogP contribution >= 0.6 is 0 Å². The number of anilines is 1. The molecule has 146 valence electrons. The van der Waals surface area contributed by atoms with Gasteiger partial charge in [0, 0.05) is 49.9 Å². The zero-order valence-electron chi connectivity index (χ0n) is 16.4. The normalized spacial score (nSPS) is 15.8. The predicted molar refractivity (Wildman–Crippen MR) is 110 cm³/mol. The van der Waals surface area contributed by atoms with E-state index in [0.717, 1.165) is 61.3 Å². The molecule has 0 spiro atoms. The number of halogens is 1. The molecule has 1 aliphatic heterocycles. The van der Waals surface area contributed by atoms with Gasteiger partial charge < -0.3 is 9.32 Å². The second-order valence-electron chi connectivity index (χ2n) is 7.62. The standard InChI is InChI=1S/C23H25FN2O2/c1-16-12-21-18(14-23(27)28-22(21)13-17(16)2)15-25-8-3-9-26(11-10-25)20-6-4-19(24)5-7-20/h4-7,12-14H,3,8-11,15H2,1-2H3. The molecule has 0 bridgehead atoms. The molecule has 1 aliphatic rings. The van der Waals surface area contributed by atoms with Gasteiger partial charge in [-0.1, -0.05) is 0 Å². The number of benzene rings is 2. The van der Waals surface area contributed by atoms with Gasteiger partial charge in [0.25, 0.3) is 0 Å². The van der Waals surface area contributed by atoms with Crippen LogP contribution in [0.4, 0.5) is 10.1 Å². The van der Waals surface area contributed by atoms with Gasteiger partial charge >= 0.3 is 5.63 Å². The number of rotatable bonds is 3. The molecule has 2 aromatic carbocycles. The minimum Gasteiger partial charge on any atom is -0.423 e. The summed E-state index contributed by atoms with van der Waals surface area (Å²) in [6.07, 6.45) is 1.02. The van der Waals surface area contributed by atoms with E-state index in [1.807, 2.05) is 25.1 Å². The van der Waals surface area contributed by atoms with Crippen LogP contribution in [0.2, 0.25) is 0 Å². The van der Waals surface area contributed by atoms with Gasteiger partial charge in [-0.3, -0.25) is 4.90 Å². The molecular weight excluding hydrogens is 355 g/mol. The molecule has 28 heavy (non-hydrogen) atoms. The largest absolute Gasteiger partial charge is 0.423 e. The molecule has 0 radical (unpaired) electrons. The molecule has 0 amide bonds. The maximum atomic E-state index is 13.2. The van der Waals surface area contributed by atoms with Gasteiger partial charge in [-0.2, -0.15) is 0 Å². The molecule has 0 unspecified atom stereocenters. The molecule has 0 atom stereocenters. The quantitative estimate of drug-likeness (QED) is 0.636. The molecule has 3 aromatic rings. The second kappa shape index (κ2) is 7.76. The first-order chi connectivity index (χ1) is 13.5. The Morgan fingerprint density at radius 3 is 2.50 bits per heavy atom. The molecule has 2 heterocycles. The summed E-state index contributed by atoms with van der Waals surface area (Å²) in [5, 5.41) is 1.02. The molecular formula is C23H25FN2O2. The summed E-state index contributed by atoms with van der Waals surface area (Å²) in [4.78, 5) is 16.7. The lowest BCUT2D eigenvalue weighted by molar-refractivity contribution is 0.286. The van der Waals surface area contributed by atoms with Crippen molar-refractivity contribution >= 4 is 16.7 Å². The minimum absolute atomic E-state index is 0.208. The van der Waals surface area contributed by atoms with Gasteiger partial charge in [0.05, 0.1) is 0 Å². The molecule has 1 saturated heterocycles. The zero-order valence-corrected chi connectivity index (χ0v) is 16.4. The van der Waals surface area contributed by atoms with Crippen LogP contribution < -0.4 is 10.5 Å². The maximum absolute atomic E-state index is 13.2. The highest BCUT2D eigenvalue weighted by Crippen LogP contribution is 2.24. The summed E-state index contributed by atoms with van der Waals surface area (Å²) in [6, 6.07) is 12.4. The monoisotopic (exact) mass is 380 g/mol. The Morgan fingerprint density at radius 1 is 0.964 bits per heavy atom. The van der Waals surface area contributed by atoms with Gasteiger partial charge in [0.1, 0.15) is 11.4 Å². The first kappa shape index (κ1) is 18.7. The predicted octanol–water partition coefficient (Wildman–Crippen LogP) is 4.26. The van der Waals surface area contributed by atoms with Gasteiger partial charge in [-0.25, -0.2) is 9.18 Å². The zero-order chi connectivity index (χ0) is 19.7. The summed E-state index contributed by atoms with van der Waals surface area (Å²) < 4.78 is 18.6. The van der Waals surface area contributed by atoms with Crippen LogP contribution in [0, 0.1) is 19.7 Å². The molecule has 0 aliphatic carbocycles.